The molecule has 0 saturated carbocycles. The highest BCUT2D eigenvalue weighted by atomic mass is 16.5. The molecule has 2 rings (SSSR count). The molecule has 2 heterocycles. The van der Waals surface area contributed by atoms with Crippen LogP contribution in [0.15, 0.2) is 0 Å². The van der Waals surface area contributed by atoms with Gasteiger partial charge in [-0.15, -0.1) is 0 Å². The minimum atomic E-state index is -0.0998. The average Bonchev–Trinajstić information content (AvgIpc) is 2.30. The van der Waals surface area contributed by atoms with Crippen molar-refractivity contribution in [2.75, 3.05) is 32.9 Å². The Bertz CT molecular complexity index is 258. The first-order valence-corrected chi connectivity index (χ1v) is 6.39. The molecule has 2 aliphatic heterocycles. The molecule has 2 saturated heterocycles. The quantitative estimate of drug-likeness (QED) is 0.734. The topological polar surface area (TPSA) is 59.6 Å². The van der Waals surface area contributed by atoms with Crippen LogP contribution in [0.4, 0.5) is 0 Å². The van der Waals surface area contributed by atoms with Crippen molar-refractivity contribution in [3.05, 3.63) is 0 Å². The summed E-state index contributed by atoms with van der Waals surface area (Å²) in [5, 5.41) is 6.34. The van der Waals surface area contributed by atoms with Crippen LogP contribution in [0, 0.1) is 0 Å². The second-order valence-corrected chi connectivity index (χ2v) is 5.12. The zero-order chi connectivity index (χ0) is 12.1. The smallest absolute Gasteiger partial charge is 0.223 e. The van der Waals surface area contributed by atoms with Crippen LogP contribution in [0.1, 0.15) is 26.2 Å². The maximum atomic E-state index is 11.9. The molecular weight excluding hydrogens is 220 g/mol. The molecule has 0 aliphatic carbocycles. The predicted molar refractivity (Wildman–Crippen MR) is 63.8 cm³/mol. The van der Waals surface area contributed by atoms with Crippen molar-refractivity contribution < 1.29 is 14.3 Å². The third-order valence-corrected chi connectivity index (χ3v) is 3.46. The summed E-state index contributed by atoms with van der Waals surface area (Å²) in [6.07, 6.45) is 2.25. The van der Waals surface area contributed by atoms with Crippen LogP contribution in [-0.2, 0) is 14.3 Å². The van der Waals surface area contributed by atoms with Gasteiger partial charge in [-0.1, -0.05) is 0 Å². The van der Waals surface area contributed by atoms with Crippen molar-refractivity contribution in [3.8, 4) is 0 Å². The van der Waals surface area contributed by atoms with Crippen LogP contribution in [0.3, 0.4) is 0 Å². The van der Waals surface area contributed by atoms with E-state index in [2.05, 4.69) is 17.6 Å². The van der Waals surface area contributed by atoms with Gasteiger partial charge in [0, 0.05) is 31.8 Å². The number of ether oxygens (including phenoxy) is 2. The Hall–Kier alpha value is -0.650. The summed E-state index contributed by atoms with van der Waals surface area (Å²) in [5.74, 6) is 0.0862. The first-order valence-electron chi connectivity index (χ1n) is 6.39. The van der Waals surface area contributed by atoms with Gasteiger partial charge in [0.05, 0.1) is 19.1 Å². The maximum absolute atomic E-state index is 11.9. The Labute approximate surface area is 102 Å². The zero-order valence-electron chi connectivity index (χ0n) is 10.5. The van der Waals surface area contributed by atoms with E-state index in [1.165, 1.54) is 0 Å². The lowest BCUT2D eigenvalue weighted by Gasteiger charge is -2.35. The largest absolute Gasteiger partial charge is 0.381 e. The minimum Gasteiger partial charge on any atom is -0.381 e. The van der Waals surface area contributed by atoms with Gasteiger partial charge in [0.2, 0.25) is 5.91 Å². The summed E-state index contributed by atoms with van der Waals surface area (Å²) in [5.41, 5.74) is -0.0998. The fraction of sp³-hybridized carbons (Fsp3) is 0.917. The Morgan fingerprint density at radius 1 is 1.41 bits per heavy atom. The van der Waals surface area contributed by atoms with Crippen LogP contribution in [0.2, 0.25) is 0 Å². The molecule has 0 aromatic heterocycles. The van der Waals surface area contributed by atoms with E-state index in [0.717, 1.165) is 39.1 Å². The molecule has 1 atom stereocenters. The van der Waals surface area contributed by atoms with Crippen molar-refractivity contribution >= 4 is 5.91 Å². The van der Waals surface area contributed by atoms with Crippen molar-refractivity contribution in [2.45, 2.75) is 37.8 Å². The third-order valence-electron chi connectivity index (χ3n) is 3.46. The number of rotatable bonds is 3. The van der Waals surface area contributed by atoms with Crippen molar-refractivity contribution in [1.29, 1.82) is 0 Å². The average molecular weight is 242 g/mol. The van der Waals surface area contributed by atoms with E-state index in [4.69, 9.17) is 9.47 Å². The first kappa shape index (κ1) is 12.8. The van der Waals surface area contributed by atoms with Crippen molar-refractivity contribution in [2.24, 2.45) is 0 Å². The number of nitrogens with one attached hydrogen (secondary N) is 2. The summed E-state index contributed by atoms with van der Waals surface area (Å²) in [6, 6.07) is 0. The highest BCUT2D eigenvalue weighted by Gasteiger charge is 2.29. The molecule has 1 unspecified atom stereocenters. The molecule has 0 aromatic rings. The Balaban J connectivity index is 1.75. The highest BCUT2D eigenvalue weighted by Crippen LogP contribution is 2.20. The molecule has 1 amide bonds. The first-order chi connectivity index (χ1) is 8.18. The molecule has 0 spiro atoms. The van der Waals surface area contributed by atoms with Gasteiger partial charge >= 0.3 is 0 Å². The number of hydrogen-bond donors (Lipinski definition) is 2. The normalized spacial score (nSPS) is 28.6. The van der Waals surface area contributed by atoms with Gasteiger partial charge in [-0.25, -0.2) is 0 Å². The Morgan fingerprint density at radius 3 is 2.82 bits per heavy atom. The number of amides is 1. The summed E-state index contributed by atoms with van der Waals surface area (Å²) < 4.78 is 10.8. The summed E-state index contributed by atoms with van der Waals surface area (Å²) in [4.78, 5) is 11.9. The van der Waals surface area contributed by atoms with E-state index in [9.17, 15) is 4.79 Å². The number of morpholine rings is 1. The molecule has 98 valence electrons. The molecule has 0 radical (unpaired) electrons. The molecule has 17 heavy (non-hydrogen) atoms. The lowest BCUT2D eigenvalue weighted by Crippen LogP contribution is -2.51. The van der Waals surface area contributed by atoms with E-state index in [1.54, 1.807) is 0 Å². The molecule has 5 nitrogen and oxygen atoms in total. The SMILES string of the molecule is CC1(NC(=O)CC2CNCCO2)CCOCC1. The second-order valence-electron chi connectivity index (χ2n) is 5.12. The Kier molecular flexibility index (Phi) is 4.36. The summed E-state index contributed by atoms with van der Waals surface area (Å²) in [6.45, 7) is 5.91. The lowest BCUT2D eigenvalue weighted by molar-refractivity contribution is -0.127. The van der Waals surface area contributed by atoms with E-state index < -0.39 is 0 Å². The van der Waals surface area contributed by atoms with E-state index in [1.807, 2.05) is 0 Å². The summed E-state index contributed by atoms with van der Waals surface area (Å²) in [7, 11) is 0. The highest BCUT2D eigenvalue weighted by molar-refractivity contribution is 5.77. The lowest BCUT2D eigenvalue weighted by atomic mass is 9.92. The van der Waals surface area contributed by atoms with Gasteiger partial charge < -0.3 is 20.1 Å². The van der Waals surface area contributed by atoms with E-state index in [-0.39, 0.29) is 17.6 Å². The van der Waals surface area contributed by atoms with Gasteiger partial charge in [0.25, 0.3) is 0 Å². The van der Waals surface area contributed by atoms with Crippen LogP contribution < -0.4 is 10.6 Å². The van der Waals surface area contributed by atoms with Gasteiger partial charge in [-0.05, 0) is 19.8 Å². The van der Waals surface area contributed by atoms with Gasteiger partial charge in [0.15, 0.2) is 0 Å². The van der Waals surface area contributed by atoms with Gasteiger partial charge in [0.1, 0.15) is 0 Å². The van der Waals surface area contributed by atoms with Gasteiger partial charge in [-0.3, -0.25) is 4.79 Å². The Morgan fingerprint density at radius 2 is 2.18 bits per heavy atom. The van der Waals surface area contributed by atoms with E-state index >= 15 is 0 Å². The fourth-order valence-electron chi connectivity index (χ4n) is 2.29. The molecule has 5 heteroatoms. The van der Waals surface area contributed by atoms with Gasteiger partial charge in [-0.2, -0.15) is 0 Å². The summed E-state index contributed by atoms with van der Waals surface area (Å²) >= 11 is 0. The van der Waals surface area contributed by atoms with Crippen molar-refractivity contribution in [1.82, 2.24) is 10.6 Å². The molecule has 0 aromatic carbocycles. The molecule has 2 N–H and O–H groups in total. The van der Waals surface area contributed by atoms with Crippen LogP contribution in [0.5, 0.6) is 0 Å². The number of carbonyl (C=O) groups excluding carboxylic acids is 1. The van der Waals surface area contributed by atoms with Crippen LogP contribution in [0.25, 0.3) is 0 Å². The number of hydrogen-bond acceptors (Lipinski definition) is 4. The zero-order valence-corrected chi connectivity index (χ0v) is 10.5. The molecule has 2 aliphatic rings. The van der Waals surface area contributed by atoms with E-state index in [0.29, 0.717) is 13.0 Å². The number of carbonyl (C=O) groups is 1. The monoisotopic (exact) mass is 242 g/mol. The van der Waals surface area contributed by atoms with Crippen LogP contribution >= 0.6 is 0 Å². The molecular formula is C12H22N2O3. The fourth-order valence-corrected chi connectivity index (χ4v) is 2.29. The van der Waals surface area contributed by atoms with Crippen molar-refractivity contribution in [3.63, 3.8) is 0 Å². The third kappa shape index (κ3) is 3.94. The van der Waals surface area contributed by atoms with Crippen LogP contribution in [-0.4, -0.2) is 50.5 Å². The second kappa shape index (κ2) is 5.80. The molecule has 2 fully saturated rings. The predicted octanol–water partition coefficient (Wildman–Crippen LogP) is 0.0502. The maximum Gasteiger partial charge on any atom is 0.223 e. The standard InChI is InChI=1S/C12H22N2O3/c1-12(2-5-16-6-3-12)14-11(15)8-10-9-13-4-7-17-10/h10,13H,2-9H2,1H3,(H,14,15). The molecule has 0 bridgehead atoms. The minimum absolute atomic E-state index is 0.0205.